The Morgan fingerprint density at radius 1 is 1.57 bits per heavy atom. The monoisotopic (exact) mass is 196 g/mol. The lowest BCUT2D eigenvalue weighted by atomic mass is 9.99. The van der Waals surface area contributed by atoms with E-state index in [-0.39, 0.29) is 11.9 Å². The third kappa shape index (κ3) is 1.81. The maximum absolute atomic E-state index is 11.6. The molecule has 0 radical (unpaired) electrons. The summed E-state index contributed by atoms with van der Waals surface area (Å²) in [5.74, 6) is -0.104. The summed E-state index contributed by atoms with van der Waals surface area (Å²) < 4.78 is 0. The number of hydroxylamine groups is 1. The Morgan fingerprint density at radius 2 is 2.43 bits per heavy atom. The van der Waals surface area contributed by atoms with Gasteiger partial charge in [0.1, 0.15) is 0 Å². The maximum atomic E-state index is 11.6. The lowest BCUT2D eigenvalue weighted by Crippen LogP contribution is -2.35. The van der Waals surface area contributed by atoms with Crippen LogP contribution >= 0.6 is 0 Å². The van der Waals surface area contributed by atoms with Crippen molar-refractivity contribution in [1.29, 1.82) is 0 Å². The van der Waals surface area contributed by atoms with Crippen LogP contribution in [0.25, 0.3) is 0 Å². The average molecular weight is 196 g/mol. The summed E-state index contributed by atoms with van der Waals surface area (Å²) in [4.78, 5) is 16.2. The summed E-state index contributed by atoms with van der Waals surface area (Å²) in [5.41, 5.74) is 3.22. The highest BCUT2D eigenvalue weighted by Gasteiger charge is 2.31. The fourth-order valence-corrected chi connectivity index (χ4v) is 2.28. The summed E-state index contributed by atoms with van der Waals surface area (Å²) in [7, 11) is 1.46. The number of hydrogen-bond acceptors (Lipinski definition) is 3. The number of amides is 1. The van der Waals surface area contributed by atoms with Crippen molar-refractivity contribution in [3.05, 3.63) is 11.6 Å². The Bertz CT molecular complexity index is 263. The van der Waals surface area contributed by atoms with Crippen molar-refractivity contribution in [1.82, 2.24) is 10.8 Å². The molecule has 14 heavy (non-hydrogen) atoms. The molecule has 2 heterocycles. The van der Waals surface area contributed by atoms with Gasteiger partial charge in [-0.05, 0) is 25.7 Å². The van der Waals surface area contributed by atoms with Gasteiger partial charge in [-0.2, -0.15) is 0 Å². The normalized spacial score (nSPS) is 30.8. The molecule has 1 saturated heterocycles. The highest BCUT2D eigenvalue weighted by Crippen LogP contribution is 2.25. The molecular formula is C10H16N2O2. The minimum absolute atomic E-state index is 0.104. The zero-order valence-corrected chi connectivity index (χ0v) is 8.38. The molecule has 2 aliphatic heterocycles. The van der Waals surface area contributed by atoms with Crippen LogP contribution in [0.3, 0.4) is 0 Å². The molecule has 0 aliphatic carbocycles. The first-order chi connectivity index (χ1) is 6.81. The molecule has 0 aromatic heterocycles. The van der Waals surface area contributed by atoms with Crippen LogP contribution in [-0.2, 0) is 9.63 Å². The van der Waals surface area contributed by atoms with Crippen LogP contribution in [0, 0.1) is 0 Å². The van der Waals surface area contributed by atoms with Gasteiger partial charge in [0.2, 0.25) is 0 Å². The van der Waals surface area contributed by atoms with Gasteiger partial charge in [-0.25, -0.2) is 5.48 Å². The highest BCUT2D eigenvalue weighted by molar-refractivity contribution is 5.94. The van der Waals surface area contributed by atoms with Crippen molar-refractivity contribution >= 4 is 5.91 Å². The van der Waals surface area contributed by atoms with Crippen molar-refractivity contribution in [3.63, 3.8) is 0 Å². The van der Waals surface area contributed by atoms with E-state index in [1.54, 1.807) is 0 Å². The van der Waals surface area contributed by atoms with E-state index >= 15 is 0 Å². The van der Waals surface area contributed by atoms with E-state index in [4.69, 9.17) is 0 Å². The molecule has 2 aliphatic rings. The van der Waals surface area contributed by atoms with Gasteiger partial charge in [0, 0.05) is 17.7 Å². The molecule has 2 N–H and O–H groups in total. The van der Waals surface area contributed by atoms with Crippen molar-refractivity contribution in [2.75, 3.05) is 7.11 Å². The fourth-order valence-electron chi connectivity index (χ4n) is 2.28. The van der Waals surface area contributed by atoms with Gasteiger partial charge in [-0.15, -0.1) is 0 Å². The van der Waals surface area contributed by atoms with Crippen molar-refractivity contribution < 1.29 is 9.63 Å². The summed E-state index contributed by atoms with van der Waals surface area (Å²) in [6, 6.07) is 0.835. The quantitative estimate of drug-likeness (QED) is 0.632. The van der Waals surface area contributed by atoms with E-state index in [2.05, 4.69) is 15.6 Å². The summed E-state index contributed by atoms with van der Waals surface area (Å²) in [5, 5.41) is 3.46. The number of hydrogen-bond donors (Lipinski definition) is 2. The average Bonchev–Trinajstić information content (AvgIpc) is 2.47. The van der Waals surface area contributed by atoms with Crippen LogP contribution in [-0.4, -0.2) is 25.1 Å². The SMILES string of the molecule is CONC(=O)C1=CCCC2CCC1N2. The Balaban J connectivity index is 2.08. The second-order valence-corrected chi connectivity index (χ2v) is 3.87. The predicted molar refractivity (Wildman–Crippen MR) is 52.4 cm³/mol. The second kappa shape index (κ2) is 4.11. The lowest BCUT2D eigenvalue weighted by Gasteiger charge is -2.13. The number of allylic oxidation sites excluding steroid dienone is 1. The van der Waals surface area contributed by atoms with Crippen molar-refractivity contribution in [3.8, 4) is 0 Å². The van der Waals surface area contributed by atoms with E-state index in [9.17, 15) is 4.79 Å². The fraction of sp³-hybridized carbons (Fsp3) is 0.700. The molecule has 2 unspecified atom stereocenters. The van der Waals surface area contributed by atoms with Crippen molar-refractivity contribution in [2.45, 2.75) is 37.8 Å². The smallest absolute Gasteiger partial charge is 0.272 e. The van der Waals surface area contributed by atoms with Crippen LogP contribution in [0.1, 0.15) is 25.7 Å². The van der Waals surface area contributed by atoms with E-state index in [1.807, 2.05) is 6.08 Å². The molecular weight excluding hydrogens is 180 g/mol. The highest BCUT2D eigenvalue weighted by atomic mass is 16.6. The number of carbonyl (C=O) groups excluding carboxylic acids is 1. The minimum Gasteiger partial charge on any atom is -0.307 e. The van der Waals surface area contributed by atoms with Gasteiger partial charge in [0.25, 0.3) is 5.91 Å². The number of nitrogens with one attached hydrogen (secondary N) is 2. The van der Waals surface area contributed by atoms with Gasteiger partial charge in [-0.3, -0.25) is 9.63 Å². The third-order valence-electron chi connectivity index (χ3n) is 2.95. The standard InChI is InChI=1S/C10H16N2O2/c1-14-12-10(13)8-4-2-3-7-5-6-9(8)11-7/h4,7,9,11H,2-3,5-6H2,1H3,(H,12,13). The molecule has 2 bridgehead atoms. The van der Waals surface area contributed by atoms with Gasteiger partial charge in [0.05, 0.1) is 7.11 Å². The zero-order chi connectivity index (χ0) is 9.97. The minimum atomic E-state index is -0.104. The van der Waals surface area contributed by atoms with Crippen LogP contribution < -0.4 is 10.8 Å². The summed E-state index contributed by atoms with van der Waals surface area (Å²) in [6.45, 7) is 0. The van der Waals surface area contributed by atoms with Crippen LogP contribution in [0.15, 0.2) is 11.6 Å². The summed E-state index contributed by atoms with van der Waals surface area (Å²) in [6.07, 6.45) is 6.40. The molecule has 0 aromatic carbocycles. The van der Waals surface area contributed by atoms with Crippen LogP contribution in [0.2, 0.25) is 0 Å². The second-order valence-electron chi connectivity index (χ2n) is 3.87. The molecule has 78 valence electrons. The first kappa shape index (κ1) is 9.68. The molecule has 2 atom stereocenters. The topological polar surface area (TPSA) is 50.4 Å². The molecule has 1 amide bonds. The molecule has 1 fully saturated rings. The Hall–Kier alpha value is -0.870. The molecule has 4 heteroatoms. The van der Waals surface area contributed by atoms with Gasteiger partial charge in [0.15, 0.2) is 0 Å². The van der Waals surface area contributed by atoms with Gasteiger partial charge >= 0.3 is 0 Å². The summed E-state index contributed by atoms with van der Waals surface area (Å²) >= 11 is 0. The lowest BCUT2D eigenvalue weighted by molar-refractivity contribution is -0.127. The Kier molecular flexibility index (Phi) is 2.84. The maximum Gasteiger partial charge on any atom is 0.272 e. The van der Waals surface area contributed by atoms with Gasteiger partial charge < -0.3 is 5.32 Å². The first-order valence-electron chi connectivity index (χ1n) is 5.10. The predicted octanol–water partition coefficient (Wildman–Crippen LogP) is 0.505. The van der Waals surface area contributed by atoms with Crippen molar-refractivity contribution in [2.24, 2.45) is 0 Å². The van der Waals surface area contributed by atoms with Gasteiger partial charge in [-0.1, -0.05) is 6.08 Å². The van der Waals surface area contributed by atoms with E-state index < -0.39 is 0 Å². The largest absolute Gasteiger partial charge is 0.307 e. The Labute approximate surface area is 83.7 Å². The third-order valence-corrected chi connectivity index (χ3v) is 2.95. The Morgan fingerprint density at radius 3 is 3.21 bits per heavy atom. The van der Waals surface area contributed by atoms with Crippen LogP contribution in [0.5, 0.6) is 0 Å². The molecule has 2 rings (SSSR count). The molecule has 4 nitrogen and oxygen atoms in total. The molecule has 0 saturated carbocycles. The van der Waals surface area contributed by atoms with E-state index in [0.29, 0.717) is 6.04 Å². The van der Waals surface area contributed by atoms with Crippen LogP contribution in [0.4, 0.5) is 0 Å². The first-order valence-corrected chi connectivity index (χ1v) is 5.10. The zero-order valence-electron chi connectivity index (χ0n) is 8.38. The van der Waals surface area contributed by atoms with E-state index in [0.717, 1.165) is 24.8 Å². The molecule has 0 spiro atoms. The van der Waals surface area contributed by atoms with E-state index in [1.165, 1.54) is 13.5 Å². The number of carbonyl (C=O) groups is 1. The number of rotatable bonds is 2. The number of fused-ring (bicyclic) bond motifs is 2. The molecule has 0 aromatic rings.